The van der Waals surface area contributed by atoms with Gasteiger partial charge in [0.15, 0.2) is 6.04 Å². The summed E-state index contributed by atoms with van der Waals surface area (Å²) in [5.41, 5.74) is 4.36. The maximum atomic E-state index is 13.2. The highest BCUT2D eigenvalue weighted by molar-refractivity contribution is 6.36. The molecule has 0 unspecified atom stereocenters. The third-order valence-electron chi connectivity index (χ3n) is 4.98. The molecule has 0 aliphatic carbocycles. The number of carbonyl (C=O) groups excluding carboxylic acids is 2. The molecule has 2 N–H and O–H groups in total. The second kappa shape index (κ2) is 9.28. The second-order valence-corrected chi connectivity index (χ2v) is 8.41. The van der Waals surface area contributed by atoms with Gasteiger partial charge in [-0.2, -0.15) is 0 Å². The van der Waals surface area contributed by atoms with Crippen LogP contribution in [0.15, 0.2) is 66.7 Å². The van der Waals surface area contributed by atoms with Crippen molar-refractivity contribution < 1.29 is 18.7 Å². The van der Waals surface area contributed by atoms with Crippen molar-refractivity contribution in [1.82, 2.24) is 10.7 Å². The van der Waals surface area contributed by atoms with Gasteiger partial charge in [-0.1, -0.05) is 46.9 Å². The molecule has 3 aromatic rings. The maximum Gasteiger partial charge on any atom is 0.304 e. The number of nitrogens with zero attached hydrogens (tertiary/aromatic N) is 1. The number of hydrogen-bond donors (Lipinski definition) is 2. The molecule has 1 aliphatic heterocycles. The van der Waals surface area contributed by atoms with E-state index in [9.17, 15) is 14.0 Å². The molecule has 1 fully saturated rings. The largest absolute Gasteiger partial charge is 0.334 e. The Balaban J connectivity index is 1.72. The van der Waals surface area contributed by atoms with Crippen LogP contribution in [0.25, 0.3) is 0 Å². The summed E-state index contributed by atoms with van der Waals surface area (Å²) in [6.07, 6.45) is 1.67. The van der Waals surface area contributed by atoms with E-state index < -0.39 is 29.7 Å². The predicted octanol–water partition coefficient (Wildman–Crippen LogP) is 4.80. The van der Waals surface area contributed by atoms with Gasteiger partial charge in [0.05, 0.1) is 10.6 Å². The Hall–Kier alpha value is -2.93. The van der Waals surface area contributed by atoms with E-state index in [-0.39, 0.29) is 5.56 Å². The van der Waals surface area contributed by atoms with Crippen LogP contribution in [0.4, 0.5) is 4.39 Å². The number of benzene rings is 3. The van der Waals surface area contributed by atoms with Crippen LogP contribution in [0.2, 0.25) is 15.1 Å². The molecule has 1 heterocycles. The third kappa shape index (κ3) is 4.78. The minimum absolute atomic E-state index is 0.234. The molecular formula is C23H16Cl3FN3O2+. The monoisotopic (exact) mass is 490 g/mol. The van der Waals surface area contributed by atoms with Gasteiger partial charge in [-0.05, 0) is 54.6 Å². The SMILES string of the molecule is O=C(N[C@@H]1C(=O)N/[N+](=C\c2ccc(Cl)cc2Cl)[C@@H]1c1ccc(Cl)cc1)c1ccc(F)cc1. The quantitative estimate of drug-likeness (QED) is 0.515. The van der Waals surface area contributed by atoms with Crippen LogP contribution < -0.4 is 10.7 Å². The predicted molar refractivity (Wildman–Crippen MR) is 122 cm³/mol. The highest BCUT2D eigenvalue weighted by Gasteiger charge is 2.47. The fraction of sp³-hybridized carbons (Fsp3) is 0.0870. The average molecular weight is 492 g/mol. The smallest absolute Gasteiger partial charge is 0.304 e. The molecule has 1 saturated heterocycles. The standard InChI is InChI=1S/C23H15Cl3FN3O2/c24-16-6-1-13(2-7-16)21-20(28-22(31)14-4-9-18(27)10-5-14)23(32)29-30(21)12-15-3-8-17(25)11-19(15)26/h1-12,20-21H,(H-,28,29,31,32)/p+1/b30-12-/t20-,21+/m0/s1. The topological polar surface area (TPSA) is 61.2 Å². The van der Waals surface area contributed by atoms with E-state index in [0.29, 0.717) is 20.6 Å². The number of carbonyl (C=O) groups is 2. The van der Waals surface area contributed by atoms with Crippen LogP contribution in [-0.4, -0.2) is 28.8 Å². The van der Waals surface area contributed by atoms with Crippen LogP contribution in [-0.2, 0) is 4.79 Å². The zero-order valence-corrected chi connectivity index (χ0v) is 18.6. The summed E-state index contributed by atoms with van der Waals surface area (Å²) in [6.45, 7) is 0. The summed E-state index contributed by atoms with van der Waals surface area (Å²) in [4.78, 5) is 25.6. The summed E-state index contributed by atoms with van der Waals surface area (Å²) < 4.78 is 14.8. The second-order valence-electron chi connectivity index (χ2n) is 7.13. The van der Waals surface area contributed by atoms with Gasteiger partial charge in [-0.25, -0.2) is 4.39 Å². The molecule has 3 aromatic carbocycles. The number of hydrazone groups is 1. The molecule has 2 atom stereocenters. The number of hydrogen-bond acceptors (Lipinski definition) is 2. The van der Waals surface area contributed by atoms with E-state index in [1.807, 2.05) is 0 Å². The van der Waals surface area contributed by atoms with E-state index in [1.165, 1.54) is 24.3 Å². The van der Waals surface area contributed by atoms with E-state index >= 15 is 0 Å². The van der Waals surface area contributed by atoms with Gasteiger partial charge < -0.3 is 5.32 Å². The molecule has 0 radical (unpaired) electrons. The van der Waals surface area contributed by atoms with Crippen molar-refractivity contribution in [2.45, 2.75) is 12.1 Å². The van der Waals surface area contributed by atoms with Gasteiger partial charge in [0.25, 0.3) is 5.91 Å². The van der Waals surface area contributed by atoms with Crippen molar-refractivity contribution in [3.05, 3.63) is 104 Å². The van der Waals surface area contributed by atoms with Gasteiger partial charge >= 0.3 is 5.91 Å². The molecule has 2 amide bonds. The van der Waals surface area contributed by atoms with Crippen LogP contribution in [0, 0.1) is 5.82 Å². The minimum atomic E-state index is -0.934. The third-order valence-corrected chi connectivity index (χ3v) is 5.80. The molecule has 0 spiro atoms. The Morgan fingerprint density at radius 3 is 2.28 bits per heavy atom. The van der Waals surface area contributed by atoms with E-state index in [2.05, 4.69) is 10.7 Å². The van der Waals surface area contributed by atoms with Crippen molar-refractivity contribution in [3.8, 4) is 0 Å². The normalized spacial score (nSPS) is 19.1. The van der Waals surface area contributed by atoms with Crippen molar-refractivity contribution in [2.75, 3.05) is 0 Å². The lowest BCUT2D eigenvalue weighted by Gasteiger charge is -2.15. The van der Waals surface area contributed by atoms with Crippen LogP contribution in [0.3, 0.4) is 0 Å². The van der Waals surface area contributed by atoms with Crippen molar-refractivity contribution in [1.29, 1.82) is 0 Å². The van der Waals surface area contributed by atoms with Gasteiger partial charge in [-0.3, -0.25) is 9.59 Å². The first-order valence-electron chi connectivity index (χ1n) is 9.52. The maximum absolute atomic E-state index is 13.2. The van der Waals surface area contributed by atoms with Gasteiger partial charge in [0.1, 0.15) is 5.82 Å². The van der Waals surface area contributed by atoms with E-state index in [1.54, 1.807) is 53.4 Å². The van der Waals surface area contributed by atoms with Crippen molar-refractivity contribution >= 4 is 52.8 Å². The average Bonchev–Trinajstić information content (AvgIpc) is 3.06. The molecule has 32 heavy (non-hydrogen) atoms. The summed E-state index contributed by atoms with van der Waals surface area (Å²) in [7, 11) is 0. The zero-order valence-electron chi connectivity index (χ0n) is 16.4. The summed E-state index contributed by atoms with van der Waals surface area (Å²) >= 11 is 18.3. The molecule has 0 saturated carbocycles. The molecule has 4 rings (SSSR count). The van der Waals surface area contributed by atoms with E-state index in [4.69, 9.17) is 34.8 Å². The first kappa shape index (κ1) is 22.3. The summed E-state index contributed by atoms with van der Waals surface area (Å²) in [5.74, 6) is -1.38. The number of nitrogens with one attached hydrogen (secondary N) is 2. The Bertz CT molecular complexity index is 1210. The lowest BCUT2D eigenvalue weighted by atomic mass is 9.99. The molecule has 162 valence electrons. The Labute approximate surface area is 198 Å². The van der Waals surface area contributed by atoms with Crippen molar-refractivity contribution in [2.24, 2.45) is 0 Å². The first-order valence-corrected chi connectivity index (χ1v) is 10.7. The minimum Gasteiger partial charge on any atom is -0.334 e. The fourth-order valence-corrected chi connectivity index (χ4v) is 4.01. The van der Waals surface area contributed by atoms with Crippen LogP contribution in [0.5, 0.6) is 0 Å². The van der Waals surface area contributed by atoms with Crippen LogP contribution >= 0.6 is 34.8 Å². The molecule has 1 aliphatic rings. The highest BCUT2D eigenvalue weighted by Crippen LogP contribution is 2.28. The Kier molecular flexibility index (Phi) is 6.46. The lowest BCUT2D eigenvalue weighted by molar-refractivity contribution is -0.596. The number of amides is 2. The number of rotatable bonds is 4. The van der Waals surface area contributed by atoms with E-state index in [0.717, 1.165) is 5.56 Å². The molecule has 9 heteroatoms. The summed E-state index contributed by atoms with van der Waals surface area (Å²) in [6, 6.07) is 15.5. The molecule has 0 bridgehead atoms. The molecule has 0 aromatic heterocycles. The molecule has 5 nitrogen and oxygen atoms in total. The van der Waals surface area contributed by atoms with Gasteiger partial charge in [-0.15, -0.1) is 10.1 Å². The lowest BCUT2D eigenvalue weighted by Crippen LogP contribution is -2.42. The zero-order chi connectivity index (χ0) is 22.8. The fourth-order valence-electron chi connectivity index (χ4n) is 3.42. The number of halogens is 4. The highest BCUT2D eigenvalue weighted by atomic mass is 35.5. The Morgan fingerprint density at radius 2 is 1.62 bits per heavy atom. The first-order chi connectivity index (χ1) is 15.3. The Morgan fingerprint density at radius 1 is 0.969 bits per heavy atom. The van der Waals surface area contributed by atoms with Crippen LogP contribution in [0.1, 0.15) is 27.5 Å². The summed E-state index contributed by atoms with van der Waals surface area (Å²) in [5, 5.41) is 4.17. The van der Waals surface area contributed by atoms with Crippen molar-refractivity contribution in [3.63, 3.8) is 0 Å². The molecular weight excluding hydrogens is 476 g/mol. The van der Waals surface area contributed by atoms with Gasteiger partial charge in [0.2, 0.25) is 12.3 Å². The van der Waals surface area contributed by atoms with Gasteiger partial charge in [0, 0.05) is 21.2 Å². The number of hydrazine groups is 1.